The van der Waals surface area contributed by atoms with Crippen LogP contribution in [0.5, 0.6) is 5.75 Å². The summed E-state index contributed by atoms with van der Waals surface area (Å²) >= 11 is 0. The van der Waals surface area contributed by atoms with Gasteiger partial charge in [-0.3, -0.25) is 0 Å². The average Bonchev–Trinajstić information content (AvgIpc) is 2.41. The van der Waals surface area contributed by atoms with Crippen LogP contribution in [0, 0.1) is 25.5 Å². The van der Waals surface area contributed by atoms with E-state index in [2.05, 4.69) is 5.32 Å². The fraction of sp³-hybridized carbons (Fsp3) is 0.294. The smallest absolute Gasteiger partial charge is 0.132 e. The number of benzene rings is 2. The predicted octanol–water partition coefficient (Wildman–Crippen LogP) is 3.88. The highest BCUT2D eigenvalue weighted by Gasteiger charge is 2.11. The van der Waals surface area contributed by atoms with Crippen LogP contribution in [0.4, 0.5) is 8.78 Å². The third-order valence-corrected chi connectivity index (χ3v) is 3.32. The monoisotopic (exact) mass is 291 g/mol. The van der Waals surface area contributed by atoms with Crippen molar-refractivity contribution in [3.8, 4) is 5.75 Å². The van der Waals surface area contributed by atoms with Crippen molar-refractivity contribution in [2.45, 2.75) is 27.0 Å². The molecule has 0 aliphatic carbocycles. The molecule has 0 saturated carbocycles. The Labute approximate surface area is 123 Å². The van der Waals surface area contributed by atoms with Crippen molar-refractivity contribution in [2.75, 3.05) is 7.05 Å². The summed E-state index contributed by atoms with van der Waals surface area (Å²) < 4.78 is 32.8. The highest BCUT2D eigenvalue weighted by molar-refractivity contribution is 5.43. The molecule has 0 unspecified atom stereocenters. The van der Waals surface area contributed by atoms with Crippen molar-refractivity contribution in [1.82, 2.24) is 5.32 Å². The maximum atomic E-state index is 13.6. The van der Waals surface area contributed by atoms with Crippen molar-refractivity contribution < 1.29 is 13.5 Å². The number of aryl methyl sites for hydroxylation is 2. The highest BCUT2D eigenvalue weighted by atomic mass is 19.1. The molecule has 2 rings (SSSR count). The largest absolute Gasteiger partial charge is 0.488 e. The quantitative estimate of drug-likeness (QED) is 0.902. The van der Waals surface area contributed by atoms with Crippen LogP contribution in [0.1, 0.15) is 22.3 Å². The summed E-state index contributed by atoms with van der Waals surface area (Å²) in [6.07, 6.45) is 0. The Morgan fingerprint density at radius 1 is 1.05 bits per heavy atom. The predicted molar refractivity (Wildman–Crippen MR) is 79.4 cm³/mol. The van der Waals surface area contributed by atoms with Gasteiger partial charge < -0.3 is 10.1 Å². The average molecular weight is 291 g/mol. The molecule has 0 bridgehead atoms. The highest BCUT2D eigenvalue weighted by Crippen LogP contribution is 2.26. The van der Waals surface area contributed by atoms with E-state index in [4.69, 9.17) is 4.74 Å². The molecule has 0 aliphatic rings. The second-order valence-corrected chi connectivity index (χ2v) is 5.08. The SMILES string of the molecule is CNCc1cc(C)c(OCc2c(F)cccc2F)c(C)c1. The van der Waals surface area contributed by atoms with E-state index in [0.717, 1.165) is 23.2 Å². The lowest BCUT2D eigenvalue weighted by Crippen LogP contribution is -2.07. The van der Waals surface area contributed by atoms with Crippen molar-refractivity contribution in [3.63, 3.8) is 0 Å². The molecule has 0 aliphatic heterocycles. The summed E-state index contributed by atoms with van der Waals surface area (Å²) in [5.41, 5.74) is 3.02. The topological polar surface area (TPSA) is 21.3 Å². The summed E-state index contributed by atoms with van der Waals surface area (Å²) in [6.45, 7) is 4.51. The molecule has 0 spiro atoms. The van der Waals surface area contributed by atoms with E-state index >= 15 is 0 Å². The lowest BCUT2D eigenvalue weighted by atomic mass is 10.1. The number of hydrogen-bond acceptors (Lipinski definition) is 2. The van der Waals surface area contributed by atoms with Crippen LogP contribution < -0.4 is 10.1 Å². The Morgan fingerprint density at radius 2 is 1.62 bits per heavy atom. The maximum Gasteiger partial charge on any atom is 0.132 e. The molecule has 2 nitrogen and oxygen atoms in total. The molecule has 4 heteroatoms. The molecule has 1 N–H and O–H groups in total. The molecular formula is C17H19F2NO. The van der Waals surface area contributed by atoms with Crippen molar-refractivity contribution in [1.29, 1.82) is 0 Å². The number of hydrogen-bond donors (Lipinski definition) is 1. The molecule has 2 aromatic carbocycles. The Morgan fingerprint density at radius 3 is 2.14 bits per heavy atom. The lowest BCUT2D eigenvalue weighted by Gasteiger charge is -2.15. The van der Waals surface area contributed by atoms with E-state index in [9.17, 15) is 8.78 Å². The minimum absolute atomic E-state index is 0.0457. The van der Waals surface area contributed by atoms with Crippen LogP contribution >= 0.6 is 0 Å². The Balaban J connectivity index is 2.21. The maximum absolute atomic E-state index is 13.6. The molecule has 0 atom stereocenters. The van der Waals surface area contributed by atoms with E-state index in [1.165, 1.54) is 18.2 Å². The number of rotatable bonds is 5. The minimum atomic E-state index is -0.586. The fourth-order valence-corrected chi connectivity index (χ4v) is 2.39. The molecule has 112 valence electrons. The number of halogens is 2. The van der Waals surface area contributed by atoms with Crippen LogP contribution in [0.25, 0.3) is 0 Å². The molecule has 0 fully saturated rings. The molecule has 0 saturated heterocycles. The zero-order chi connectivity index (χ0) is 15.4. The van der Waals surface area contributed by atoms with E-state index in [1.54, 1.807) is 0 Å². The summed E-state index contributed by atoms with van der Waals surface area (Å²) in [5.74, 6) is -0.494. The van der Waals surface area contributed by atoms with E-state index in [0.29, 0.717) is 5.75 Å². The van der Waals surface area contributed by atoms with Crippen LogP contribution in [-0.2, 0) is 13.2 Å². The normalized spacial score (nSPS) is 10.7. The number of nitrogens with one attached hydrogen (secondary N) is 1. The molecule has 0 aromatic heterocycles. The van der Waals surface area contributed by atoms with Gasteiger partial charge in [-0.15, -0.1) is 0 Å². The van der Waals surface area contributed by atoms with Gasteiger partial charge in [0.05, 0.1) is 5.56 Å². The molecular weight excluding hydrogens is 272 g/mol. The van der Waals surface area contributed by atoms with Crippen molar-refractivity contribution >= 4 is 0 Å². The van der Waals surface area contributed by atoms with Gasteiger partial charge in [-0.05, 0) is 49.7 Å². The Bertz CT molecular complexity index is 597. The standard InChI is InChI=1S/C17H19F2NO/c1-11-7-13(9-20-3)8-12(2)17(11)21-10-14-15(18)5-4-6-16(14)19/h4-8,20H,9-10H2,1-3H3. The first-order chi connectivity index (χ1) is 10.0. The van der Waals surface area contributed by atoms with Gasteiger partial charge in [-0.1, -0.05) is 18.2 Å². The summed E-state index contributed by atoms with van der Waals surface area (Å²) in [4.78, 5) is 0. The van der Waals surface area contributed by atoms with Crippen molar-refractivity contribution in [2.24, 2.45) is 0 Å². The van der Waals surface area contributed by atoms with E-state index in [1.807, 2.05) is 33.0 Å². The molecule has 0 amide bonds. The summed E-state index contributed by atoms with van der Waals surface area (Å²) in [7, 11) is 1.88. The van der Waals surface area contributed by atoms with Gasteiger partial charge in [0.2, 0.25) is 0 Å². The fourth-order valence-electron chi connectivity index (χ4n) is 2.39. The van der Waals surface area contributed by atoms with Crippen molar-refractivity contribution in [3.05, 3.63) is 64.2 Å². The molecule has 0 heterocycles. The third-order valence-electron chi connectivity index (χ3n) is 3.32. The summed E-state index contributed by atoms with van der Waals surface area (Å²) in [6, 6.07) is 7.83. The van der Waals surface area contributed by atoms with Crippen LogP contribution in [0.15, 0.2) is 30.3 Å². The van der Waals surface area contributed by atoms with Gasteiger partial charge in [0.15, 0.2) is 0 Å². The van der Waals surface area contributed by atoms with Gasteiger partial charge in [0.1, 0.15) is 24.0 Å². The van der Waals surface area contributed by atoms with E-state index < -0.39 is 11.6 Å². The van der Waals surface area contributed by atoms with Gasteiger partial charge in [-0.2, -0.15) is 0 Å². The van der Waals surface area contributed by atoms with Gasteiger partial charge in [0, 0.05) is 6.54 Å². The zero-order valence-electron chi connectivity index (χ0n) is 12.5. The Hall–Kier alpha value is -1.94. The van der Waals surface area contributed by atoms with Crippen LogP contribution in [0.3, 0.4) is 0 Å². The van der Waals surface area contributed by atoms with Gasteiger partial charge in [0.25, 0.3) is 0 Å². The zero-order valence-corrected chi connectivity index (χ0v) is 12.5. The second-order valence-electron chi connectivity index (χ2n) is 5.08. The van der Waals surface area contributed by atoms with Gasteiger partial charge in [-0.25, -0.2) is 8.78 Å². The minimum Gasteiger partial charge on any atom is -0.488 e. The molecule has 21 heavy (non-hydrogen) atoms. The summed E-state index contributed by atoms with van der Waals surface area (Å²) in [5, 5.41) is 3.09. The first-order valence-electron chi connectivity index (χ1n) is 6.83. The Kier molecular flexibility index (Phi) is 4.91. The lowest BCUT2D eigenvalue weighted by molar-refractivity contribution is 0.288. The van der Waals surface area contributed by atoms with Gasteiger partial charge >= 0.3 is 0 Å². The third kappa shape index (κ3) is 3.58. The molecule has 0 radical (unpaired) electrons. The molecule has 2 aromatic rings. The first-order valence-corrected chi connectivity index (χ1v) is 6.83. The van der Waals surface area contributed by atoms with Crippen LogP contribution in [-0.4, -0.2) is 7.05 Å². The second kappa shape index (κ2) is 6.68. The van der Waals surface area contributed by atoms with Crippen LogP contribution in [0.2, 0.25) is 0 Å². The number of ether oxygens (including phenoxy) is 1. The first kappa shape index (κ1) is 15.4. The van der Waals surface area contributed by atoms with E-state index in [-0.39, 0.29) is 12.2 Å².